The number of hydrogen-bond donors (Lipinski definition) is 1. The fraction of sp³-hybridized carbons (Fsp3) is 0.864. The molecule has 174 valence electrons. The Hall–Kier alpha value is 0.0800. The summed E-state index contributed by atoms with van der Waals surface area (Å²) < 4.78 is 31.8. The standard InChI is InChI=1S/C22H42O6S.Na.H/c1-3-5-7-14-17-21(23)18-15-12-10-8-9-11-13-16-19-22(24)28-29(25,26)27-20-6-4-2;;/h12,15,21,23H,3-11,13-14,16-20H2,1-2H3;;/b15-12-;;/t21-;;/m1../s1. The molecule has 0 aliphatic rings. The van der Waals surface area contributed by atoms with Gasteiger partial charge in [-0.1, -0.05) is 77.4 Å². The third kappa shape index (κ3) is 22.8. The van der Waals surface area contributed by atoms with Crippen LogP contribution in [0.3, 0.4) is 0 Å². The zero-order valence-corrected chi connectivity index (χ0v) is 19.3. The molecule has 0 saturated heterocycles. The first-order chi connectivity index (χ1) is 13.9. The van der Waals surface area contributed by atoms with Crippen LogP contribution < -0.4 is 0 Å². The van der Waals surface area contributed by atoms with Gasteiger partial charge < -0.3 is 9.29 Å². The fourth-order valence-corrected chi connectivity index (χ4v) is 3.52. The first-order valence-electron chi connectivity index (χ1n) is 11.4. The molecule has 0 rings (SSSR count). The van der Waals surface area contributed by atoms with E-state index in [0.717, 1.165) is 57.8 Å². The zero-order valence-electron chi connectivity index (χ0n) is 18.4. The van der Waals surface area contributed by atoms with Gasteiger partial charge in [0.05, 0.1) is 12.7 Å². The van der Waals surface area contributed by atoms with E-state index in [9.17, 15) is 18.3 Å². The number of unbranched alkanes of at least 4 members (excludes halogenated alkanes) is 9. The van der Waals surface area contributed by atoms with Gasteiger partial charge in [-0.3, -0.25) is 4.79 Å². The molecule has 8 heteroatoms. The van der Waals surface area contributed by atoms with Crippen LogP contribution in [0.15, 0.2) is 12.2 Å². The predicted molar refractivity (Wildman–Crippen MR) is 124 cm³/mol. The van der Waals surface area contributed by atoms with Gasteiger partial charge in [0.25, 0.3) is 0 Å². The van der Waals surface area contributed by atoms with E-state index in [1.807, 2.05) is 6.92 Å². The Bertz CT molecular complexity index is 522. The predicted octanol–water partition coefficient (Wildman–Crippen LogP) is 4.95. The summed E-state index contributed by atoms with van der Waals surface area (Å²) in [4.78, 5) is 11.5. The molecule has 0 aliphatic carbocycles. The van der Waals surface area contributed by atoms with Crippen molar-refractivity contribution >= 4 is 45.9 Å². The van der Waals surface area contributed by atoms with Crippen molar-refractivity contribution in [3.05, 3.63) is 12.2 Å². The van der Waals surface area contributed by atoms with E-state index >= 15 is 0 Å². The minimum absolute atomic E-state index is 0. The Labute approximate surface area is 206 Å². The second-order valence-electron chi connectivity index (χ2n) is 7.56. The van der Waals surface area contributed by atoms with Gasteiger partial charge >= 0.3 is 45.9 Å². The Kier molecular flexibility index (Phi) is 24.0. The van der Waals surface area contributed by atoms with Crippen LogP contribution in [0.2, 0.25) is 0 Å². The summed E-state index contributed by atoms with van der Waals surface area (Å²) in [7, 11) is -4.20. The van der Waals surface area contributed by atoms with Crippen molar-refractivity contribution in [3.63, 3.8) is 0 Å². The Balaban J connectivity index is 0. The SMILES string of the molecule is CCCCCC[C@@H](O)C/C=C\CCCCCCCC(=O)OS(=O)(=O)OCCCC.[NaH]. The molecule has 0 aliphatic heterocycles. The monoisotopic (exact) mass is 458 g/mol. The molecule has 0 saturated carbocycles. The maximum absolute atomic E-state index is 11.5. The van der Waals surface area contributed by atoms with Gasteiger partial charge in [-0.2, -0.15) is 8.42 Å². The molecule has 1 N–H and O–H groups in total. The molecule has 0 fully saturated rings. The van der Waals surface area contributed by atoms with Gasteiger partial charge in [-0.15, -0.1) is 0 Å². The van der Waals surface area contributed by atoms with Gasteiger partial charge in [-0.05, 0) is 38.5 Å². The molecule has 0 heterocycles. The van der Waals surface area contributed by atoms with Crippen LogP contribution in [0.25, 0.3) is 0 Å². The van der Waals surface area contributed by atoms with Crippen molar-refractivity contribution in [2.75, 3.05) is 6.61 Å². The van der Waals surface area contributed by atoms with Crippen LogP contribution in [0, 0.1) is 0 Å². The number of aliphatic hydroxyl groups excluding tert-OH is 1. The average Bonchev–Trinajstić information content (AvgIpc) is 2.66. The first kappa shape index (κ1) is 32.3. The number of carbonyl (C=O) groups excluding carboxylic acids is 1. The number of carbonyl (C=O) groups is 1. The van der Waals surface area contributed by atoms with Crippen molar-refractivity contribution in [2.45, 2.75) is 116 Å². The van der Waals surface area contributed by atoms with E-state index < -0.39 is 16.4 Å². The molecular weight excluding hydrogens is 415 g/mol. The van der Waals surface area contributed by atoms with E-state index in [1.165, 1.54) is 19.3 Å². The van der Waals surface area contributed by atoms with Gasteiger partial charge in [0.2, 0.25) is 0 Å². The minimum atomic E-state index is -4.20. The number of allylic oxidation sites excluding steroid dienone is 1. The summed E-state index contributed by atoms with van der Waals surface area (Å²) in [5.74, 6) is -0.752. The average molecular weight is 459 g/mol. The summed E-state index contributed by atoms with van der Waals surface area (Å²) in [5, 5.41) is 9.88. The summed E-state index contributed by atoms with van der Waals surface area (Å²) in [6.45, 7) is 4.14. The second-order valence-corrected chi connectivity index (χ2v) is 8.77. The van der Waals surface area contributed by atoms with Gasteiger partial charge in [0.1, 0.15) is 0 Å². The van der Waals surface area contributed by atoms with E-state index in [1.54, 1.807) is 0 Å². The Morgan fingerprint density at radius 2 is 1.53 bits per heavy atom. The quantitative estimate of drug-likeness (QED) is 0.158. The molecule has 1 atom stereocenters. The normalized spacial score (nSPS) is 12.6. The summed E-state index contributed by atoms with van der Waals surface area (Å²) in [6.07, 6.45) is 17.5. The topological polar surface area (TPSA) is 89.9 Å². The molecule has 0 aromatic carbocycles. The van der Waals surface area contributed by atoms with Crippen molar-refractivity contribution in [3.8, 4) is 0 Å². The third-order valence-corrected chi connectivity index (χ3v) is 5.48. The Morgan fingerprint density at radius 1 is 0.900 bits per heavy atom. The number of rotatable bonds is 20. The van der Waals surface area contributed by atoms with Crippen molar-refractivity contribution in [1.82, 2.24) is 0 Å². The number of aliphatic hydroxyl groups is 1. The van der Waals surface area contributed by atoms with Gasteiger partial charge in [0, 0.05) is 6.42 Å². The van der Waals surface area contributed by atoms with E-state index in [0.29, 0.717) is 12.8 Å². The number of hydrogen-bond acceptors (Lipinski definition) is 6. The molecule has 30 heavy (non-hydrogen) atoms. The molecule has 0 amide bonds. The van der Waals surface area contributed by atoms with E-state index in [-0.39, 0.29) is 48.7 Å². The van der Waals surface area contributed by atoms with Crippen LogP contribution in [-0.4, -0.2) is 61.8 Å². The van der Waals surface area contributed by atoms with Gasteiger partial charge in [-0.25, -0.2) is 4.18 Å². The summed E-state index contributed by atoms with van der Waals surface area (Å²) >= 11 is 0. The van der Waals surface area contributed by atoms with E-state index in [2.05, 4.69) is 27.4 Å². The van der Waals surface area contributed by atoms with Gasteiger partial charge in [0.15, 0.2) is 0 Å². The molecule has 0 spiro atoms. The third-order valence-electron chi connectivity index (χ3n) is 4.64. The maximum atomic E-state index is 11.5. The molecule has 0 radical (unpaired) electrons. The molecule has 0 unspecified atom stereocenters. The fourth-order valence-electron chi connectivity index (χ4n) is 2.84. The van der Waals surface area contributed by atoms with Crippen LogP contribution in [0.1, 0.15) is 110 Å². The second kappa shape index (κ2) is 22.3. The van der Waals surface area contributed by atoms with Crippen molar-refractivity contribution in [2.24, 2.45) is 0 Å². The summed E-state index contributed by atoms with van der Waals surface area (Å²) in [6, 6.07) is 0. The van der Waals surface area contributed by atoms with Crippen molar-refractivity contribution < 1.29 is 26.7 Å². The Morgan fingerprint density at radius 3 is 2.23 bits per heavy atom. The zero-order chi connectivity index (χ0) is 21.8. The van der Waals surface area contributed by atoms with Crippen LogP contribution in [0.4, 0.5) is 0 Å². The molecule has 6 nitrogen and oxygen atoms in total. The molecular formula is C22H43NaO6S. The first-order valence-corrected chi connectivity index (χ1v) is 12.7. The van der Waals surface area contributed by atoms with Crippen LogP contribution in [0.5, 0.6) is 0 Å². The summed E-state index contributed by atoms with van der Waals surface area (Å²) in [5.41, 5.74) is 0. The molecule has 0 aromatic rings. The molecule has 0 aromatic heterocycles. The van der Waals surface area contributed by atoms with Crippen LogP contribution >= 0.6 is 0 Å². The van der Waals surface area contributed by atoms with E-state index in [4.69, 9.17) is 0 Å². The molecule has 0 bridgehead atoms. The van der Waals surface area contributed by atoms with Crippen molar-refractivity contribution in [1.29, 1.82) is 0 Å². The van der Waals surface area contributed by atoms with Crippen LogP contribution in [-0.2, 0) is 23.6 Å².